The van der Waals surface area contributed by atoms with Crippen LogP contribution in [0.5, 0.6) is 5.88 Å². The average molecular weight is 358 g/mol. The smallest absolute Gasteiger partial charge is 0.230 e. The number of rotatable bonds is 3. The molecule has 25 heavy (non-hydrogen) atoms. The first-order valence-corrected chi connectivity index (χ1v) is 9.38. The van der Waals surface area contributed by atoms with Gasteiger partial charge in [-0.15, -0.1) is 5.10 Å². The number of aromatic nitrogens is 3. The molecule has 4 rings (SSSR count). The Morgan fingerprint density at radius 2 is 1.84 bits per heavy atom. The zero-order valence-electron chi connectivity index (χ0n) is 14.4. The molecule has 0 amide bonds. The Balaban J connectivity index is 1.79. The molecule has 0 bridgehead atoms. The van der Waals surface area contributed by atoms with E-state index in [9.17, 15) is 10.2 Å². The van der Waals surface area contributed by atoms with Crippen LogP contribution in [-0.2, 0) is 0 Å². The summed E-state index contributed by atoms with van der Waals surface area (Å²) in [7, 11) is 0. The maximum atomic E-state index is 10.8. The predicted molar refractivity (Wildman–Crippen MR) is 97.1 cm³/mol. The first-order chi connectivity index (χ1) is 12.0. The van der Waals surface area contributed by atoms with Gasteiger partial charge >= 0.3 is 0 Å². The van der Waals surface area contributed by atoms with Crippen molar-refractivity contribution in [1.82, 2.24) is 19.5 Å². The zero-order valence-corrected chi connectivity index (χ0v) is 15.2. The summed E-state index contributed by atoms with van der Waals surface area (Å²) in [5.41, 5.74) is 2.34. The number of hydrogen-bond donors (Lipinski definition) is 2. The van der Waals surface area contributed by atoms with Crippen molar-refractivity contribution in [1.29, 1.82) is 0 Å². The molecule has 0 aliphatic carbocycles. The maximum Gasteiger partial charge on any atom is 0.230 e. The Bertz CT molecular complexity index is 879. The van der Waals surface area contributed by atoms with Crippen LogP contribution in [0.2, 0.25) is 0 Å². The lowest BCUT2D eigenvalue weighted by Gasteiger charge is -2.36. The van der Waals surface area contributed by atoms with Gasteiger partial charge in [0.1, 0.15) is 5.82 Å². The highest BCUT2D eigenvalue weighted by molar-refractivity contribution is 7.17. The minimum atomic E-state index is -0.228. The Morgan fingerprint density at radius 3 is 2.48 bits per heavy atom. The third-order valence-corrected chi connectivity index (χ3v) is 5.88. The summed E-state index contributed by atoms with van der Waals surface area (Å²) in [6.07, 6.45) is 1.28. The van der Waals surface area contributed by atoms with E-state index in [0.717, 1.165) is 36.4 Å². The van der Waals surface area contributed by atoms with E-state index in [0.29, 0.717) is 10.8 Å². The van der Waals surface area contributed by atoms with Gasteiger partial charge in [0.15, 0.2) is 0 Å². The Labute approximate surface area is 150 Å². The van der Waals surface area contributed by atoms with Crippen molar-refractivity contribution in [2.45, 2.75) is 38.8 Å². The number of fused-ring (bicyclic) bond motifs is 1. The molecule has 3 aromatic rings. The fraction of sp³-hybridized carbons (Fsp3) is 0.444. The van der Waals surface area contributed by atoms with E-state index in [2.05, 4.69) is 46.2 Å². The molecule has 0 radical (unpaired) electrons. The second-order valence-corrected chi connectivity index (χ2v) is 7.73. The van der Waals surface area contributed by atoms with Gasteiger partial charge in [-0.2, -0.15) is 4.52 Å². The molecule has 1 aliphatic rings. The number of likely N-dealkylation sites (tertiary alicyclic amines) is 1. The Morgan fingerprint density at radius 1 is 1.16 bits per heavy atom. The van der Waals surface area contributed by atoms with Crippen LogP contribution >= 0.6 is 11.3 Å². The van der Waals surface area contributed by atoms with Crippen LogP contribution in [0.3, 0.4) is 0 Å². The normalized spacial score (nSPS) is 18.0. The minimum Gasteiger partial charge on any atom is -0.492 e. The monoisotopic (exact) mass is 358 g/mol. The highest BCUT2D eigenvalue weighted by Crippen LogP contribution is 2.40. The first-order valence-electron chi connectivity index (χ1n) is 8.56. The molecule has 2 aromatic heterocycles. The predicted octanol–water partition coefficient (Wildman–Crippen LogP) is 2.66. The molecule has 132 valence electrons. The van der Waals surface area contributed by atoms with Crippen LogP contribution in [-0.4, -0.2) is 48.9 Å². The number of aliphatic hydroxyl groups is 1. The molecule has 1 fully saturated rings. The highest BCUT2D eigenvalue weighted by Gasteiger charge is 2.31. The molecule has 3 heterocycles. The second-order valence-electron chi connectivity index (χ2n) is 6.72. The van der Waals surface area contributed by atoms with E-state index in [1.54, 1.807) is 0 Å². The topological polar surface area (TPSA) is 73.9 Å². The van der Waals surface area contributed by atoms with Gasteiger partial charge < -0.3 is 10.2 Å². The molecule has 0 spiro atoms. The van der Waals surface area contributed by atoms with E-state index in [1.807, 2.05) is 6.92 Å². The third kappa shape index (κ3) is 3.03. The zero-order chi connectivity index (χ0) is 17.6. The van der Waals surface area contributed by atoms with Crippen LogP contribution in [0.1, 0.15) is 40.7 Å². The summed E-state index contributed by atoms with van der Waals surface area (Å²) in [6.45, 7) is 5.49. The number of nitrogens with zero attached hydrogens (tertiary/aromatic N) is 4. The Kier molecular flexibility index (Phi) is 4.23. The standard InChI is InChI=1S/C18H22N4O2S/c1-11-3-5-13(6-4-11)15(21-9-7-14(23)8-10-21)16-17(24)22-18(25-16)19-12(2)20-22/h3-6,14-15,23-24H,7-10H2,1-2H3/t15-/m0/s1. The van der Waals surface area contributed by atoms with E-state index >= 15 is 0 Å². The number of aryl methyl sites for hydroxylation is 2. The lowest BCUT2D eigenvalue weighted by molar-refractivity contribution is 0.0689. The number of aromatic hydroxyl groups is 1. The van der Waals surface area contributed by atoms with Crippen molar-refractivity contribution >= 4 is 16.3 Å². The number of thiazole rings is 1. The summed E-state index contributed by atoms with van der Waals surface area (Å²) >= 11 is 1.48. The molecule has 7 heteroatoms. The van der Waals surface area contributed by atoms with Gasteiger partial charge in [0.05, 0.1) is 17.0 Å². The van der Waals surface area contributed by atoms with Gasteiger partial charge in [-0.3, -0.25) is 4.90 Å². The first kappa shape index (κ1) is 16.5. The quantitative estimate of drug-likeness (QED) is 0.753. The van der Waals surface area contributed by atoms with Crippen molar-refractivity contribution in [3.63, 3.8) is 0 Å². The molecular formula is C18H22N4O2S. The third-order valence-electron chi connectivity index (χ3n) is 4.81. The largest absolute Gasteiger partial charge is 0.492 e. The van der Waals surface area contributed by atoms with Crippen molar-refractivity contribution in [2.24, 2.45) is 0 Å². The van der Waals surface area contributed by atoms with E-state index in [-0.39, 0.29) is 18.0 Å². The number of aliphatic hydroxyl groups excluding tert-OH is 1. The molecule has 6 nitrogen and oxygen atoms in total. The van der Waals surface area contributed by atoms with Gasteiger partial charge in [-0.25, -0.2) is 4.98 Å². The molecule has 0 unspecified atom stereocenters. The summed E-state index contributed by atoms with van der Waals surface area (Å²) in [6, 6.07) is 8.37. The lowest BCUT2D eigenvalue weighted by Crippen LogP contribution is -2.38. The SMILES string of the molecule is Cc1ccc([C@@H](c2sc3nc(C)nn3c2O)N2CCC(O)CC2)cc1. The van der Waals surface area contributed by atoms with Crippen LogP contribution in [0.25, 0.3) is 4.96 Å². The van der Waals surface area contributed by atoms with Crippen LogP contribution < -0.4 is 0 Å². The van der Waals surface area contributed by atoms with Gasteiger partial charge in [0.25, 0.3) is 0 Å². The van der Waals surface area contributed by atoms with Crippen molar-refractivity contribution in [3.8, 4) is 5.88 Å². The molecule has 2 N–H and O–H groups in total. The van der Waals surface area contributed by atoms with Crippen molar-refractivity contribution in [3.05, 3.63) is 46.1 Å². The lowest BCUT2D eigenvalue weighted by atomic mass is 9.98. The average Bonchev–Trinajstić information content (AvgIpc) is 3.09. The van der Waals surface area contributed by atoms with Crippen molar-refractivity contribution in [2.75, 3.05) is 13.1 Å². The molecule has 1 aliphatic heterocycles. The molecule has 1 aromatic carbocycles. The van der Waals surface area contributed by atoms with E-state index < -0.39 is 0 Å². The molecule has 0 saturated carbocycles. The minimum absolute atomic E-state index is 0.0538. The van der Waals surface area contributed by atoms with Gasteiger partial charge in [0.2, 0.25) is 10.8 Å². The fourth-order valence-electron chi connectivity index (χ4n) is 3.45. The van der Waals surface area contributed by atoms with Crippen LogP contribution in [0.15, 0.2) is 24.3 Å². The van der Waals surface area contributed by atoms with Crippen LogP contribution in [0, 0.1) is 13.8 Å². The van der Waals surface area contributed by atoms with Crippen molar-refractivity contribution < 1.29 is 10.2 Å². The molecule has 1 atom stereocenters. The maximum absolute atomic E-state index is 10.8. The summed E-state index contributed by atoms with van der Waals surface area (Å²) in [4.78, 5) is 8.29. The number of benzene rings is 1. The number of piperidine rings is 1. The van der Waals surface area contributed by atoms with Gasteiger partial charge in [-0.1, -0.05) is 41.2 Å². The fourth-order valence-corrected chi connectivity index (χ4v) is 4.61. The van der Waals surface area contributed by atoms with E-state index in [4.69, 9.17) is 0 Å². The highest BCUT2D eigenvalue weighted by atomic mass is 32.1. The molecule has 1 saturated heterocycles. The summed E-state index contributed by atoms with van der Waals surface area (Å²) in [5.74, 6) is 0.818. The summed E-state index contributed by atoms with van der Waals surface area (Å²) < 4.78 is 1.52. The van der Waals surface area contributed by atoms with Crippen LogP contribution in [0.4, 0.5) is 0 Å². The number of hydrogen-bond acceptors (Lipinski definition) is 6. The summed E-state index contributed by atoms with van der Waals surface area (Å²) in [5, 5.41) is 24.9. The van der Waals surface area contributed by atoms with Gasteiger partial charge in [0, 0.05) is 13.1 Å². The second kappa shape index (κ2) is 6.40. The Hall–Kier alpha value is -1.96. The molecular weight excluding hydrogens is 336 g/mol. The van der Waals surface area contributed by atoms with Gasteiger partial charge in [-0.05, 0) is 32.3 Å². The van der Waals surface area contributed by atoms with E-state index in [1.165, 1.54) is 21.4 Å².